The first kappa shape index (κ1) is 19.9. The number of ether oxygens (including phenoxy) is 2. The van der Waals surface area contributed by atoms with Crippen molar-refractivity contribution in [2.75, 3.05) is 19.8 Å². The Hall–Kier alpha value is -2.84. The van der Waals surface area contributed by atoms with Gasteiger partial charge in [-0.1, -0.05) is 18.2 Å². The van der Waals surface area contributed by atoms with Crippen molar-refractivity contribution >= 4 is 15.9 Å². The van der Waals surface area contributed by atoms with Crippen LogP contribution in [0.15, 0.2) is 60.0 Å². The van der Waals surface area contributed by atoms with E-state index in [0.717, 1.165) is 5.56 Å². The van der Waals surface area contributed by atoms with Crippen LogP contribution in [0.5, 0.6) is 11.5 Å². The number of hydrogen-bond acceptors (Lipinski definition) is 5. The van der Waals surface area contributed by atoms with Gasteiger partial charge in [0, 0.05) is 18.2 Å². The molecule has 8 heteroatoms. The third-order valence-corrected chi connectivity index (χ3v) is 5.75. The zero-order chi connectivity index (χ0) is 20.1. The normalized spacial score (nSPS) is 14.2. The van der Waals surface area contributed by atoms with E-state index in [1.807, 2.05) is 0 Å². The van der Waals surface area contributed by atoms with E-state index < -0.39 is 16.1 Å². The number of rotatable bonds is 7. The maximum absolute atomic E-state index is 12.8. The molecular formula is C20H22N2O5S. The maximum Gasteiger partial charge on any atom is 0.251 e. The molecule has 0 saturated carbocycles. The Morgan fingerprint density at radius 1 is 1.18 bits per heavy atom. The van der Waals surface area contributed by atoms with Gasteiger partial charge in [-0.3, -0.25) is 4.79 Å². The fraction of sp³-hybridized carbons (Fsp3) is 0.250. The Kier molecular flexibility index (Phi) is 6.01. The van der Waals surface area contributed by atoms with Crippen LogP contribution >= 0.6 is 0 Å². The Labute approximate surface area is 164 Å². The molecule has 1 aliphatic heterocycles. The maximum atomic E-state index is 12.8. The van der Waals surface area contributed by atoms with Gasteiger partial charge in [0.25, 0.3) is 5.91 Å². The van der Waals surface area contributed by atoms with E-state index in [4.69, 9.17) is 9.47 Å². The zero-order valence-electron chi connectivity index (χ0n) is 15.5. The minimum atomic E-state index is -3.83. The molecule has 148 valence electrons. The van der Waals surface area contributed by atoms with Crippen molar-refractivity contribution in [3.05, 3.63) is 66.2 Å². The van der Waals surface area contributed by atoms with Gasteiger partial charge in [0.1, 0.15) is 13.2 Å². The highest BCUT2D eigenvalue weighted by molar-refractivity contribution is 7.89. The molecule has 3 rings (SSSR count). The molecule has 7 nitrogen and oxygen atoms in total. The van der Waals surface area contributed by atoms with Crippen molar-refractivity contribution in [3.8, 4) is 11.5 Å². The van der Waals surface area contributed by atoms with E-state index in [2.05, 4.69) is 16.6 Å². The van der Waals surface area contributed by atoms with Gasteiger partial charge >= 0.3 is 0 Å². The first-order valence-corrected chi connectivity index (χ1v) is 10.3. The summed E-state index contributed by atoms with van der Waals surface area (Å²) in [5, 5.41) is 2.62. The summed E-state index contributed by atoms with van der Waals surface area (Å²) in [5.41, 5.74) is 1.00. The molecule has 0 saturated heterocycles. The number of fused-ring (bicyclic) bond motifs is 1. The third kappa shape index (κ3) is 4.52. The number of sulfonamides is 1. The number of benzene rings is 2. The Morgan fingerprint density at radius 2 is 1.93 bits per heavy atom. The molecule has 1 unspecified atom stereocenters. The first-order chi connectivity index (χ1) is 13.4. The molecule has 2 aromatic rings. The summed E-state index contributed by atoms with van der Waals surface area (Å²) in [4.78, 5) is 12.1. The van der Waals surface area contributed by atoms with Crippen LogP contribution < -0.4 is 19.5 Å². The molecule has 0 spiro atoms. The number of carbonyl (C=O) groups is 1. The lowest BCUT2D eigenvalue weighted by Gasteiger charge is -2.21. The van der Waals surface area contributed by atoms with Gasteiger partial charge in [-0.05, 0) is 42.8 Å². The minimum Gasteiger partial charge on any atom is -0.486 e. The lowest BCUT2D eigenvalue weighted by atomic mass is 10.1. The quantitative estimate of drug-likeness (QED) is 0.694. The molecule has 2 aromatic carbocycles. The van der Waals surface area contributed by atoms with Crippen molar-refractivity contribution in [1.29, 1.82) is 0 Å². The Balaban J connectivity index is 1.78. The van der Waals surface area contributed by atoms with Crippen LogP contribution in [-0.4, -0.2) is 34.1 Å². The summed E-state index contributed by atoms with van der Waals surface area (Å²) in [6, 6.07) is 10.7. The lowest BCUT2D eigenvalue weighted by Crippen LogP contribution is -2.28. The van der Waals surface area contributed by atoms with E-state index in [1.165, 1.54) is 18.2 Å². The van der Waals surface area contributed by atoms with E-state index >= 15 is 0 Å². The highest BCUT2D eigenvalue weighted by Gasteiger charge is 2.21. The summed E-state index contributed by atoms with van der Waals surface area (Å²) < 4.78 is 39.2. The molecule has 28 heavy (non-hydrogen) atoms. The molecule has 1 amide bonds. The molecule has 0 aromatic heterocycles. The van der Waals surface area contributed by atoms with Crippen molar-refractivity contribution in [3.63, 3.8) is 0 Å². The van der Waals surface area contributed by atoms with E-state index in [9.17, 15) is 13.2 Å². The van der Waals surface area contributed by atoms with Crippen LogP contribution in [0.1, 0.15) is 28.9 Å². The molecule has 2 N–H and O–H groups in total. The summed E-state index contributed by atoms with van der Waals surface area (Å²) in [7, 11) is -3.83. The van der Waals surface area contributed by atoms with Gasteiger partial charge in [-0.15, -0.1) is 6.58 Å². The lowest BCUT2D eigenvalue weighted by molar-refractivity contribution is 0.0958. The second-order valence-electron chi connectivity index (χ2n) is 6.27. The highest BCUT2D eigenvalue weighted by atomic mass is 32.2. The molecule has 0 radical (unpaired) electrons. The predicted octanol–water partition coefficient (Wildman–Crippen LogP) is 2.41. The van der Waals surface area contributed by atoms with Crippen LogP contribution in [0.3, 0.4) is 0 Å². The van der Waals surface area contributed by atoms with Crippen LogP contribution in [0.4, 0.5) is 0 Å². The van der Waals surface area contributed by atoms with Crippen LogP contribution in [0.2, 0.25) is 0 Å². The van der Waals surface area contributed by atoms with Crippen LogP contribution in [0.25, 0.3) is 0 Å². The standard InChI is InChI=1S/C20H22N2O5S/c1-3-9-21-20(23)16-5-4-6-17(12-16)28(24,25)22-14(2)15-7-8-18-19(13-15)27-11-10-26-18/h3-8,12-14,22H,1,9-11H2,2H3,(H,21,23). The number of amides is 1. The summed E-state index contributed by atoms with van der Waals surface area (Å²) >= 11 is 0. The second-order valence-corrected chi connectivity index (χ2v) is 7.99. The Bertz CT molecular complexity index is 988. The number of carbonyl (C=O) groups excluding carboxylic acids is 1. The van der Waals surface area contributed by atoms with Crippen molar-refractivity contribution in [2.45, 2.75) is 17.9 Å². The molecule has 1 heterocycles. The van der Waals surface area contributed by atoms with Crippen molar-refractivity contribution in [1.82, 2.24) is 10.0 Å². The topological polar surface area (TPSA) is 93.7 Å². The van der Waals surface area contributed by atoms with Crippen molar-refractivity contribution in [2.24, 2.45) is 0 Å². The average molecular weight is 402 g/mol. The van der Waals surface area contributed by atoms with Crippen LogP contribution in [-0.2, 0) is 10.0 Å². The molecule has 1 atom stereocenters. The predicted molar refractivity (Wildman–Crippen MR) is 105 cm³/mol. The Morgan fingerprint density at radius 3 is 2.68 bits per heavy atom. The van der Waals surface area contributed by atoms with E-state index in [0.29, 0.717) is 31.3 Å². The smallest absolute Gasteiger partial charge is 0.251 e. The molecule has 0 aliphatic carbocycles. The molecule has 0 fully saturated rings. The summed E-state index contributed by atoms with van der Waals surface area (Å²) in [6.07, 6.45) is 1.55. The van der Waals surface area contributed by atoms with Gasteiger partial charge in [-0.2, -0.15) is 0 Å². The van der Waals surface area contributed by atoms with Gasteiger partial charge in [-0.25, -0.2) is 13.1 Å². The van der Waals surface area contributed by atoms with E-state index in [-0.39, 0.29) is 16.4 Å². The SMILES string of the molecule is C=CCNC(=O)c1cccc(S(=O)(=O)NC(C)c2ccc3c(c2)OCCO3)c1. The second kappa shape index (κ2) is 8.45. The average Bonchev–Trinajstić information content (AvgIpc) is 2.71. The fourth-order valence-electron chi connectivity index (χ4n) is 2.77. The molecule has 1 aliphatic rings. The van der Waals surface area contributed by atoms with Crippen LogP contribution in [0, 0.1) is 0 Å². The zero-order valence-corrected chi connectivity index (χ0v) is 16.3. The van der Waals surface area contributed by atoms with Gasteiger partial charge in [0.05, 0.1) is 4.90 Å². The van der Waals surface area contributed by atoms with Gasteiger partial charge < -0.3 is 14.8 Å². The number of nitrogens with one attached hydrogen (secondary N) is 2. The van der Waals surface area contributed by atoms with Gasteiger partial charge in [0.2, 0.25) is 10.0 Å². The fourth-order valence-corrected chi connectivity index (χ4v) is 4.05. The van der Waals surface area contributed by atoms with E-state index in [1.54, 1.807) is 37.3 Å². The third-order valence-electron chi connectivity index (χ3n) is 4.21. The molecule has 0 bridgehead atoms. The monoisotopic (exact) mass is 402 g/mol. The highest BCUT2D eigenvalue weighted by Crippen LogP contribution is 2.32. The summed E-state index contributed by atoms with van der Waals surface area (Å²) in [5.74, 6) is 0.871. The van der Waals surface area contributed by atoms with Gasteiger partial charge in [0.15, 0.2) is 11.5 Å². The first-order valence-electron chi connectivity index (χ1n) is 8.82. The summed E-state index contributed by atoms with van der Waals surface area (Å²) in [6.45, 7) is 6.52. The largest absolute Gasteiger partial charge is 0.486 e. The number of hydrogen-bond donors (Lipinski definition) is 2. The molecular weight excluding hydrogens is 380 g/mol. The minimum absolute atomic E-state index is 0.0168. The van der Waals surface area contributed by atoms with Crippen molar-refractivity contribution < 1.29 is 22.7 Å².